The van der Waals surface area contributed by atoms with Gasteiger partial charge in [-0.05, 0) is 50.9 Å². The van der Waals surface area contributed by atoms with Crippen molar-refractivity contribution < 1.29 is 13.9 Å². The number of fused-ring (bicyclic) bond motifs is 1. The molecule has 7 heteroatoms. The smallest absolute Gasteiger partial charge is 0.339 e. The highest BCUT2D eigenvalue weighted by atomic mass is 16.5. The van der Waals surface area contributed by atoms with Crippen molar-refractivity contribution in [1.82, 2.24) is 15.1 Å². The van der Waals surface area contributed by atoms with Crippen molar-refractivity contribution in [2.24, 2.45) is 0 Å². The van der Waals surface area contributed by atoms with Crippen LogP contribution in [-0.4, -0.2) is 68.1 Å². The lowest BCUT2D eigenvalue weighted by atomic mass is 9.79. The van der Waals surface area contributed by atoms with E-state index in [1.54, 1.807) is 13.2 Å². The van der Waals surface area contributed by atoms with Gasteiger partial charge in [-0.25, -0.2) is 4.79 Å². The van der Waals surface area contributed by atoms with E-state index in [1.807, 2.05) is 19.1 Å². The SMILES string of the molecule is COc1ccc2c(C)c(CCC(=O)NCC3(N4CCN(C)CC4)CCCCC3)c(=O)oc2c1. The highest BCUT2D eigenvalue weighted by Crippen LogP contribution is 2.34. The van der Waals surface area contributed by atoms with Crippen molar-refractivity contribution in [3.63, 3.8) is 0 Å². The maximum Gasteiger partial charge on any atom is 0.339 e. The van der Waals surface area contributed by atoms with Crippen molar-refractivity contribution in [2.45, 2.75) is 57.4 Å². The van der Waals surface area contributed by atoms with Crippen LogP contribution in [0.4, 0.5) is 0 Å². The molecule has 0 spiro atoms. The van der Waals surface area contributed by atoms with Gasteiger partial charge in [-0.3, -0.25) is 9.69 Å². The van der Waals surface area contributed by atoms with Crippen molar-refractivity contribution in [3.05, 3.63) is 39.7 Å². The second-order valence-electron chi connectivity index (χ2n) is 9.71. The van der Waals surface area contributed by atoms with Crippen LogP contribution >= 0.6 is 0 Å². The predicted molar refractivity (Wildman–Crippen MR) is 130 cm³/mol. The van der Waals surface area contributed by atoms with Crippen LogP contribution in [0.1, 0.15) is 49.7 Å². The highest BCUT2D eigenvalue weighted by molar-refractivity contribution is 5.82. The lowest BCUT2D eigenvalue weighted by Crippen LogP contribution is -2.61. The Morgan fingerprint density at radius 1 is 1.15 bits per heavy atom. The van der Waals surface area contributed by atoms with Crippen LogP contribution in [0.3, 0.4) is 0 Å². The van der Waals surface area contributed by atoms with Crippen LogP contribution in [0.25, 0.3) is 11.0 Å². The summed E-state index contributed by atoms with van der Waals surface area (Å²) in [6.45, 7) is 6.91. The quantitative estimate of drug-likeness (QED) is 0.647. The Hall–Kier alpha value is -2.38. The number of rotatable bonds is 7. The first-order valence-electron chi connectivity index (χ1n) is 12.2. The van der Waals surface area contributed by atoms with Gasteiger partial charge in [0.2, 0.25) is 5.91 Å². The molecule has 1 aromatic carbocycles. The molecule has 4 rings (SSSR count). The number of likely N-dealkylation sites (N-methyl/N-ethyl adjacent to an activating group) is 1. The molecule has 2 heterocycles. The topological polar surface area (TPSA) is 75.0 Å². The molecule has 1 saturated heterocycles. The molecule has 1 N–H and O–H groups in total. The Morgan fingerprint density at radius 2 is 1.88 bits per heavy atom. The van der Waals surface area contributed by atoms with E-state index in [-0.39, 0.29) is 23.5 Å². The van der Waals surface area contributed by atoms with Crippen molar-refractivity contribution in [1.29, 1.82) is 0 Å². The summed E-state index contributed by atoms with van der Waals surface area (Å²) in [6, 6.07) is 5.48. The molecule has 1 amide bonds. The summed E-state index contributed by atoms with van der Waals surface area (Å²) in [5.41, 5.74) is 1.66. The number of ether oxygens (including phenoxy) is 1. The number of hydrogen-bond acceptors (Lipinski definition) is 6. The fourth-order valence-electron chi connectivity index (χ4n) is 5.48. The number of carbonyl (C=O) groups is 1. The molecule has 0 atom stereocenters. The molecule has 1 aromatic heterocycles. The normalized spacial score (nSPS) is 19.5. The zero-order valence-electron chi connectivity index (χ0n) is 20.2. The van der Waals surface area contributed by atoms with Gasteiger partial charge in [-0.1, -0.05) is 19.3 Å². The Morgan fingerprint density at radius 3 is 2.58 bits per heavy atom. The molecule has 7 nitrogen and oxygen atoms in total. The summed E-state index contributed by atoms with van der Waals surface area (Å²) < 4.78 is 10.8. The summed E-state index contributed by atoms with van der Waals surface area (Å²) in [5, 5.41) is 4.10. The molecule has 0 unspecified atom stereocenters. The molecule has 0 radical (unpaired) electrons. The van der Waals surface area contributed by atoms with E-state index in [1.165, 1.54) is 19.3 Å². The Labute approximate surface area is 196 Å². The lowest BCUT2D eigenvalue weighted by molar-refractivity contribution is -0.122. The average molecular weight is 456 g/mol. The first-order chi connectivity index (χ1) is 15.9. The van der Waals surface area contributed by atoms with Gasteiger partial charge in [0.25, 0.3) is 0 Å². The number of hydrogen-bond donors (Lipinski definition) is 1. The number of benzene rings is 1. The Kier molecular flexibility index (Phi) is 7.39. The number of piperazine rings is 1. The van der Waals surface area contributed by atoms with Crippen LogP contribution in [0.15, 0.2) is 27.4 Å². The molecular weight excluding hydrogens is 418 g/mol. The molecular formula is C26H37N3O4. The third-order valence-electron chi connectivity index (χ3n) is 7.67. The van der Waals surface area contributed by atoms with E-state index >= 15 is 0 Å². The second-order valence-corrected chi connectivity index (χ2v) is 9.71. The second kappa shape index (κ2) is 10.3. The first-order valence-corrected chi connectivity index (χ1v) is 12.2. The minimum absolute atomic E-state index is 0.00250. The summed E-state index contributed by atoms with van der Waals surface area (Å²) in [6.07, 6.45) is 6.69. The monoisotopic (exact) mass is 455 g/mol. The minimum atomic E-state index is -0.373. The van der Waals surface area contributed by atoms with Crippen molar-refractivity contribution >= 4 is 16.9 Å². The largest absolute Gasteiger partial charge is 0.497 e. The molecule has 1 aliphatic carbocycles. The van der Waals surface area contributed by atoms with Gasteiger partial charge in [-0.15, -0.1) is 0 Å². The summed E-state index contributed by atoms with van der Waals surface area (Å²) in [5.74, 6) is 0.650. The van der Waals surface area contributed by atoms with Gasteiger partial charge in [-0.2, -0.15) is 0 Å². The fourth-order valence-corrected chi connectivity index (χ4v) is 5.48. The zero-order valence-corrected chi connectivity index (χ0v) is 20.2. The lowest BCUT2D eigenvalue weighted by Gasteiger charge is -2.49. The Bertz CT molecular complexity index is 1030. The van der Waals surface area contributed by atoms with Crippen LogP contribution in [0.2, 0.25) is 0 Å². The molecule has 33 heavy (non-hydrogen) atoms. The first kappa shape index (κ1) is 23.8. The average Bonchev–Trinajstić information content (AvgIpc) is 2.83. The van der Waals surface area contributed by atoms with Crippen molar-refractivity contribution in [2.75, 3.05) is 46.9 Å². The maximum atomic E-state index is 12.8. The zero-order chi connectivity index (χ0) is 23.4. The van der Waals surface area contributed by atoms with E-state index in [0.29, 0.717) is 29.9 Å². The van der Waals surface area contributed by atoms with Crippen LogP contribution in [0, 0.1) is 6.92 Å². The molecule has 2 fully saturated rings. The third-order valence-corrected chi connectivity index (χ3v) is 7.67. The van der Waals surface area contributed by atoms with Crippen LogP contribution < -0.4 is 15.7 Å². The van der Waals surface area contributed by atoms with E-state index in [2.05, 4.69) is 22.2 Å². The van der Waals surface area contributed by atoms with Gasteiger partial charge >= 0.3 is 5.63 Å². The number of carbonyl (C=O) groups excluding carboxylic acids is 1. The summed E-state index contributed by atoms with van der Waals surface area (Å²) in [7, 11) is 3.76. The van der Waals surface area contributed by atoms with Gasteiger partial charge in [0.15, 0.2) is 0 Å². The molecule has 180 valence electrons. The van der Waals surface area contributed by atoms with E-state index in [0.717, 1.165) is 50.0 Å². The number of aryl methyl sites for hydroxylation is 1. The minimum Gasteiger partial charge on any atom is -0.497 e. The van der Waals surface area contributed by atoms with Gasteiger partial charge in [0, 0.05) is 61.7 Å². The maximum absolute atomic E-state index is 12.8. The van der Waals surface area contributed by atoms with Gasteiger partial charge < -0.3 is 19.4 Å². The molecule has 0 bridgehead atoms. The standard InChI is InChI=1S/C26H37N3O4/c1-19-21-8-7-20(32-3)17-23(21)33-25(31)22(19)9-10-24(30)27-18-26(11-5-4-6-12-26)29-15-13-28(2)14-16-29/h7-8,17H,4-6,9-16,18H2,1-3H3,(H,27,30). The summed E-state index contributed by atoms with van der Waals surface area (Å²) >= 11 is 0. The van der Waals surface area contributed by atoms with E-state index in [9.17, 15) is 9.59 Å². The molecule has 1 aliphatic heterocycles. The fraction of sp³-hybridized carbons (Fsp3) is 0.615. The highest BCUT2D eigenvalue weighted by Gasteiger charge is 2.39. The van der Waals surface area contributed by atoms with Crippen molar-refractivity contribution in [3.8, 4) is 5.75 Å². The van der Waals surface area contributed by atoms with Gasteiger partial charge in [0.05, 0.1) is 7.11 Å². The number of methoxy groups -OCH3 is 1. The summed E-state index contributed by atoms with van der Waals surface area (Å²) in [4.78, 5) is 30.4. The van der Waals surface area contributed by atoms with Gasteiger partial charge in [0.1, 0.15) is 11.3 Å². The third kappa shape index (κ3) is 5.25. The van der Waals surface area contributed by atoms with Crippen LogP contribution in [0.5, 0.6) is 5.75 Å². The number of nitrogens with zero attached hydrogens (tertiary/aromatic N) is 2. The number of amides is 1. The van der Waals surface area contributed by atoms with E-state index in [4.69, 9.17) is 9.15 Å². The molecule has 1 saturated carbocycles. The predicted octanol–water partition coefficient (Wildman–Crippen LogP) is 3.11. The number of nitrogens with one attached hydrogen (secondary N) is 1. The molecule has 2 aromatic rings. The Balaban J connectivity index is 1.40. The van der Waals surface area contributed by atoms with Crippen LogP contribution in [-0.2, 0) is 11.2 Å². The molecule has 2 aliphatic rings. The van der Waals surface area contributed by atoms with E-state index < -0.39 is 0 Å².